The number of likely N-dealkylation sites (tertiary alicyclic amines) is 1. The fraction of sp³-hybridized carbons (Fsp3) is 0.611. The van der Waals surface area contributed by atoms with Crippen LogP contribution < -0.4 is 0 Å². The van der Waals surface area contributed by atoms with Crippen LogP contribution in [0, 0.1) is 13.8 Å². The van der Waals surface area contributed by atoms with Gasteiger partial charge in [0.15, 0.2) is 0 Å². The Morgan fingerprint density at radius 3 is 2.92 bits per heavy atom. The second kappa shape index (κ2) is 6.79. The standard InChI is InChI=1S/C18H26N4O2/c1-5-16-19-8-10-22(16)15-7-6-9-21(11-15)18(23)12(2)17-13(3)20-24-14(17)4/h8,10,12,15H,5-7,9,11H2,1-4H3/t12-,15-/m0/s1. The minimum Gasteiger partial charge on any atom is -0.361 e. The van der Waals surface area contributed by atoms with Crippen LogP contribution in [0.15, 0.2) is 16.9 Å². The van der Waals surface area contributed by atoms with Crippen molar-refractivity contribution in [2.24, 2.45) is 0 Å². The first kappa shape index (κ1) is 16.7. The molecule has 0 unspecified atom stereocenters. The SMILES string of the molecule is CCc1nccn1[C@H]1CCCN(C(=O)[C@@H](C)c2c(C)noc2C)C1. The van der Waals surface area contributed by atoms with Gasteiger partial charge < -0.3 is 14.0 Å². The van der Waals surface area contributed by atoms with E-state index < -0.39 is 0 Å². The molecule has 2 atom stereocenters. The van der Waals surface area contributed by atoms with Gasteiger partial charge in [-0.15, -0.1) is 0 Å². The number of aromatic nitrogens is 3. The van der Waals surface area contributed by atoms with E-state index in [2.05, 4.69) is 21.6 Å². The van der Waals surface area contributed by atoms with Crippen LogP contribution in [0.3, 0.4) is 0 Å². The molecule has 0 radical (unpaired) electrons. The van der Waals surface area contributed by atoms with Gasteiger partial charge in [-0.3, -0.25) is 4.79 Å². The normalized spacial score (nSPS) is 19.5. The van der Waals surface area contributed by atoms with Crippen LogP contribution >= 0.6 is 0 Å². The third kappa shape index (κ3) is 2.97. The topological polar surface area (TPSA) is 64.2 Å². The van der Waals surface area contributed by atoms with Gasteiger partial charge >= 0.3 is 0 Å². The zero-order valence-electron chi connectivity index (χ0n) is 15.0. The van der Waals surface area contributed by atoms with Gasteiger partial charge in [-0.25, -0.2) is 4.98 Å². The van der Waals surface area contributed by atoms with Crippen LogP contribution in [-0.2, 0) is 11.2 Å². The Labute approximate surface area is 142 Å². The van der Waals surface area contributed by atoms with Gasteiger partial charge in [0.05, 0.1) is 17.7 Å². The lowest BCUT2D eigenvalue weighted by Crippen LogP contribution is -2.42. The van der Waals surface area contributed by atoms with Crippen LogP contribution in [0.2, 0.25) is 0 Å². The lowest BCUT2D eigenvalue weighted by Gasteiger charge is -2.35. The van der Waals surface area contributed by atoms with Crippen LogP contribution in [0.5, 0.6) is 0 Å². The average Bonchev–Trinajstić information content (AvgIpc) is 3.20. The van der Waals surface area contributed by atoms with Crippen LogP contribution in [0.4, 0.5) is 0 Å². The molecule has 2 aromatic rings. The van der Waals surface area contributed by atoms with E-state index >= 15 is 0 Å². The first-order valence-corrected chi connectivity index (χ1v) is 8.76. The second-order valence-electron chi connectivity index (χ2n) is 6.64. The molecule has 130 valence electrons. The number of hydrogen-bond donors (Lipinski definition) is 0. The van der Waals surface area contributed by atoms with Crippen molar-refractivity contribution >= 4 is 5.91 Å². The molecule has 3 rings (SSSR count). The number of piperidine rings is 1. The van der Waals surface area contributed by atoms with Gasteiger partial charge in [0.1, 0.15) is 11.6 Å². The number of nitrogens with zero attached hydrogens (tertiary/aromatic N) is 4. The van der Waals surface area contributed by atoms with Crippen molar-refractivity contribution in [1.29, 1.82) is 0 Å². The van der Waals surface area contributed by atoms with Gasteiger partial charge in [0.2, 0.25) is 5.91 Å². The van der Waals surface area contributed by atoms with Crippen molar-refractivity contribution < 1.29 is 9.32 Å². The summed E-state index contributed by atoms with van der Waals surface area (Å²) in [4.78, 5) is 19.4. The van der Waals surface area contributed by atoms with Gasteiger partial charge in [-0.05, 0) is 33.6 Å². The third-order valence-electron chi connectivity index (χ3n) is 5.06. The molecule has 24 heavy (non-hydrogen) atoms. The van der Waals surface area contributed by atoms with E-state index in [1.165, 1.54) is 0 Å². The molecule has 1 aliphatic rings. The molecule has 3 heterocycles. The first-order valence-electron chi connectivity index (χ1n) is 8.76. The summed E-state index contributed by atoms with van der Waals surface area (Å²) in [5, 5.41) is 3.98. The highest BCUT2D eigenvalue weighted by Gasteiger charge is 2.31. The number of aryl methyl sites for hydroxylation is 3. The molecule has 0 N–H and O–H groups in total. The predicted molar refractivity (Wildman–Crippen MR) is 90.8 cm³/mol. The zero-order valence-corrected chi connectivity index (χ0v) is 15.0. The lowest BCUT2D eigenvalue weighted by molar-refractivity contribution is -0.134. The molecule has 1 aliphatic heterocycles. The molecule has 0 spiro atoms. The molecule has 0 saturated carbocycles. The zero-order chi connectivity index (χ0) is 17.3. The average molecular weight is 330 g/mol. The number of carbonyl (C=O) groups is 1. The van der Waals surface area contributed by atoms with E-state index in [-0.39, 0.29) is 11.8 Å². The van der Waals surface area contributed by atoms with Crippen LogP contribution in [0.1, 0.15) is 61.5 Å². The fourth-order valence-corrected chi connectivity index (χ4v) is 3.84. The quantitative estimate of drug-likeness (QED) is 0.864. The van der Waals surface area contributed by atoms with Crippen molar-refractivity contribution in [3.63, 3.8) is 0 Å². The Balaban J connectivity index is 1.76. The Morgan fingerprint density at radius 2 is 2.25 bits per heavy atom. The summed E-state index contributed by atoms with van der Waals surface area (Å²) in [5.74, 6) is 1.77. The number of hydrogen-bond acceptors (Lipinski definition) is 4. The molecule has 1 amide bonds. The molecular formula is C18H26N4O2. The maximum atomic E-state index is 13.0. The van der Waals surface area contributed by atoms with E-state index in [0.29, 0.717) is 6.04 Å². The molecular weight excluding hydrogens is 304 g/mol. The molecule has 0 aliphatic carbocycles. The summed E-state index contributed by atoms with van der Waals surface area (Å²) >= 11 is 0. The van der Waals surface area contributed by atoms with E-state index in [1.54, 1.807) is 0 Å². The fourth-order valence-electron chi connectivity index (χ4n) is 3.84. The first-order chi connectivity index (χ1) is 11.5. The van der Waals surface area contributed by atoms with E-state index in [9.17, 15) is 4.79 Å². The summed E-state index contributed by atoms with van der Waals surface area (Å²) in [5.41, 5.74) is 1.74. The summed E-state index contributed by atoms with van der Waals surface area (Å²) in [6, 6.07) is 0.317. The van der Waals surface area contributed by atoms with E-state index in [0.717, 1.165) is 55.2 Å². The van der Waals surface area contributed by atoms with Crippen molar-refractivity contribution in [2.75, 3.05) is 13.1 Å². The molecule has 1 saturated heterocycles. The molecule has 6 nitrogen and oxygen atoms in total. The Morgan fingerprint density at radius 1 is 1.46 bits per heavy atom. The number of imidazole rings is 1. The molecule has 1 fully saturated rings. The highest BCUT2D eigenvalue weighted by molar-refractivity contribution is 5.84. The minimum absolute atomic E-state index is 0.160. The Bertz CT molecular complexity index is 699. The summed E-state index contributed by atoms with van der Waals surface area (Å²) in [7, 11) is 0. The monoisotopic (exact) mass is 330 g/mol. The van der Waals surface area contributed by atoms with Crippen molar-refractivity contribution in [2.45, 2.75) is 58.9 Å². The van der Waals surface area contributed by atoms with E-state index in [4.69, 9.17) is 4.52 Å². The summed E-state index contributed by atoms with van der Waals surface area (Å²) in [6.07, 6.45) is 6.91. The number of amides is 1. The van der Waals surface area contributed by atoms with Crippen molar-refractivity contribution in [3.8, 4) is 0 Å². The van der Waals surface area contributed by atoms with Crippen LogP contribution in [-0.4, -0.2) is 38.6 Å². The second-order valence-corrected chi connectivity index (χ2v) is 6.64. The molecule has 0 aromatic carbocycles. The van der Waals surface area contributed by atoms with Crippen molar-refractivity contribution in [3.05, 3.63) is 35.2 Å². The van der Waals surface area contributed by atoms with Crippen molar-refractivity contribution in [1.82, 2.24) is 19.6 Å². The summed E-state index contributed by atoms with van der Waals surface area (Å²) in [6.45, 7) is 9.40. The van der Waals surface area contributed by atoms with E-state index in [1.807, 2.05) is 38.1 Å². The smallest absolute Gasteiger partial charge is 0.230 e. The van der Waals surface area contributed by atoms with Gasteiger partial charge in [-0.2, -0.15) is 0 Å². The molecule has 6 heteroatoms. The van der Waals surface area contributed by atoms with Gasteiger partial charge in [0.25, 0.3) is 0 Å². The number of carbonyl (C=O) groups excluding carboxylic acids is 1. The van der Waals surface area contributed by atoms with Crippen LogP contribution in [0.25, 0.3) is 0 Å². The summed E-state index contributed by atoms with van der Waals surface area (Å²) < 4.78 is 7.47. The number of rotatable bonds is 4. The highest BCUT2D eigenvalue weighted by atomic mass is 16.5. The van der Waals surface area contributed by atoms with Gasteiger partial charge in [-0.1, -0.05) is 12.1 Å². The van der Waals surface area contributed by atoms with Gasteiger partial charge in [0, 0.05) is 37.5 Å². The Hall–Kier alpha value is -2.11. The predicted octanol–water partition coefficient (Wildman–Crippen LogP) is 3.02. The largest absolute Gasteiger partial charge is 0.361 e. The lowest BCUT2D eigenvalue weighted by atomic mass is 9.96. The highest BCUT2D eigenvalue weighted by Crippen LogP contribution is 2.29. The molecule has 0 bridgehead atoms. The maximum absolute atomic E-state index is 13.0. The maximum Gasteiger partial charge on any atom is 0.230 e. The molecule has 2 aromatic heterocycles. The minimum atomic E-state index is -0.219. The Kier molecular flexibility index (Phi) is 4.73. The third-order valence-corrected chi connectivity index (χ3v) is 5.06.